The van der Waals surface area contributed by atoms with E-state index in [-0.39, 0.29) is 0 Å². The minimum Gasteiger partial charge on any atom is -0.497 e. The van der Waals surface area contributed by atoms with Crippen LogP contribution >= 0.6 is 0 Å². The lowest BCUT2D eigenvalue weighted by atomic mass is 10.2. The van der Waals surface area contributed by atoms with E-state index < -0.39 is 0 Å². The van der Waals surface area contributed by atoms with E-state index in [9.17, 15) is 0 Å². The normalized spacial score (nSPS) is 10.4. The fraction of sp³-hybridized carbons (Fsp3) is 0.357. The largest absolute Gasteiger partial charge is 0.497 e. The van der Waals surface area contributed by atoms with Gasteiger partial charge >= 0.3 is 0 Å². The van der Waals surface area contributed by atoms with Gasteiger partial charge in [0.1, 0.15) is 5.75 Å². The van der Waals surface area contributed by atoms with Gasteiger partial charge in [-0.2, -0.15) is 5.10 Å². The molecule has 0 saturated heterocycles. The summed E-state index contributed by atoms with van der Waals surface area (Å²) in [6.07, 6.45) is 3.02. The van der Waals surface area contributed by atoms with E-state index in [1.807, 2.05) is 36.0 Å². The third kappa shape index (κ3) is 2.83. The summed E-state index contributed by atoms with van der Waals surface area (Å²) in [6.45, 7) is 2.90. The highest BCUT2D eigenvalue weighted by Gasteiger charge is 2.05. The molecule has 0 fully saturated rings. The number of nitrogens with one attached hydrogen (secondary N) is 1. The summed E-state index contributed by atoms with van der Waals surface area (Å²) in [5.41, 5.74) is 3.44. The van der Waals surface area contributed by atoms with Crippen molar-refractivity contribution in [2.75, 3.05) is 12.4 Å². The van der Waals surface area contributed by atoms with Gasteiger partial charge in [-0.25, -0.2) is 0 Å². The van der Waals surface area contributed by atoms with E-state index in [1.54, 1.807) is 7.11 Å². The molecule has 0 saturated carbocycles. The maximum Gasteiger partial charge on any atom is 0.120 e. The Labute approximate surface area is 108 Å². The maximum atomic E-state index is 5.20. The van der Waals surface area contributed by atoms with Crippen molar-refractivity contribution in [3.05, 3.63) is 41.7 Å². The van der Waals surface area contributed by atoms with E-state index in [1.165, 1.54) is 5.56 Å². The van der Waals surface area contributed by atoms with Crippen LogP contribution in [0.3, 0.4) is 0 Å². The highest BCUT2D eigenvalue weighted by molar-refractivity contribution is 5.48. The summed E-state index contributed by atoms with van der Waals surface area (Å²) in [4.78, 5) is 0. The van der Waals surface area contributed by atoms with Gasteiger partial charge in [-0.3, -0.25) is 4.68 Å². The molecule has 1 heterocycles. The number of hydrogen-bond donors (Lipinski definition) is 1. The summed E-state index contributed by atoms with van der Waals surface area (Å²) in [7, 11) is 3.63. The van der Waals surface area contributed by atoms with Crippen LogP contribution in [0.25, 0.3) is 0 Å². The van der Waals surface area contributed by atoms with Gasteiger partial charge in [0.05, 0.1) is 12.8 Å². The van der Waals surface area contributed by atoms with Crippen molar-refractivity contribution >= 4 is 5.69 Å². The van der Waals surface area contributed by atoms with E-state index in [4.69, 9.17) is 4.74 Å². The molecule has 0 radical (unpaired) electrons. The molecule has 18 heavy (non-hydrogen) atoms. The molecule has 0 aliphatic heterocycles. The van der Waals surface area contributed by atoms with Crippen LogP contribution in [-0.2, 0) is 20.0 Å². The minimum atomic E-state index is 0.782. The second-order valence-electron chi connectivity index (χ2n) is 4.21. The predicted molar refractivity (Wildman–Crippen MR) is 72.9 cm³/mol. The molecule has 0 spiro atoms. The monoisotopic (exact) mass is 245 g/mol. The molecule has 4 heteroatoms. The summed E-state index contributed by atoms with van der Waals surface area (Å²) in [5.74, 6) is 0.863. The Morgan fingerprint density at radius 3 is 2.94 bits per heavy atom. The van der Waals surface area contributed by atoms with Gasteiger partial charge in [-0.05, 0) is 18.6 Å². The van der Waals surface area contributed by atoms with Gasteiger partial charge in [0.15, 0.2) is 0 Å². The molecule has 0 bridgehead atoms. The summed E-state index contributed by atoms with van der Waals surface area (Å²) in [5, 5.41) is 7.82. The molecule has 0 aliphatic rings. The second kappa shape index (κ2) is 5.58. The van der Waals surface area contributed by atoms with Crippen molar-refractivity contribution in [3.63, 3.8) is 0 Å². The zero-order chi connectivity index (χ0) is 13.0. The number of benzene rings is 1. The smallest absolute Gasteiger partial charge is 0.120 e. The van der Waals surface area contributed by atoms with Crippen LogP contribution in [0.5, 0.6) is 5.75 Å². The standard InChI is InChI=1S/C14H19N3O/c1-4-14-11(10-17(2)16-14)9-15-12-6-5-7-13(8-12)18-3/h5-8,10,15H,4,9H2,1-3H3. The number of nitrogens with zero attached hydrogens (tertiary/aromatic N) is 2. The zero-order valence-electron chi connectivity index (χ0n) is 11.1. The van der Waals surface area contributed by atoms with Crippen LogP contribution in [0.4, 0.5) is 5.69 Å². The number of anilines is 1. The van der Waals surface area contributed by atoms with Crippen LogP contribution in [-0.4, -0.2) is 16.9 Å². The van der Waals surface area contributed by atoms with Crippen molar-refractivity contribution in [2.45, 2.75) is 19.9 Å². The maximum absolute atomic E-state index is 5.20. The van der Waals surface area contributed by atoms with Gasteiger partial charge < -0.3 is 10.1 Å². The van der Waals surface area contributed by atoms with Crippen LogP contribution in [0, 0.1) is 0 Å². The van der Waals surface area contributed by atoms with E-state index in [0.717, 1.165) is 30.1 Å². The summed E-state index contributed by atoms with van der Waals surface area (Å²) < 4.78 is 7.06. The number of aryl methyl sites for hydroxylation is 2. The number of ether oxygens (including phenoxy) is 1. The highest BCUT2D eigenvalue weighted by Crippen LogP contribution is 2.18. The fourth-order valence-corrected chi connectivity index (χ4v) is 1.96. The van der Waals surface area contributed by atoms with E-state index in [0.29, 0.717) is 0 Å². The first-order chi connectivity index (χ1) is 8.72. The van der Waals surface area contributed by atoms with Crippen LogP contribution in [0.2, 0.25) is 0 Å². The minimum absolute atomic E-state index is 0.782. The fourth-order valence-electron chi connectivity index (χ4n) is 1.96. The Morgan fingerprint density at radius 2 is 2.22 bits per heavy atom. The van der Waals surface area contributed by atoms with Crippen molar-refractivity contribution in [1.29, 1.82) is 0 Å². The Kier molecular flexibility index (Phi) is 3.87. The van der Waals surface area contributed by atoms with Gasteiger partial charge in [-0.15, -0.1) is 0 Å². The molecule has 0 amide bonds. The number of rotatable bonds is 5. The Balaban J connectivity index is 2.06. The van der Waals surface area contributed by atoms with Crippen molar-refractivity contribution in [2.24, 2.45) is 7.05 Å². The SMILES string of the molecule is CCc1nn(C)cc1CNc1cccc(OC)c1. The average molecular weight is 245 g/mol. The molecule has 0 atom stereocenters. The van der Waals surface area contributed by atoms with E-state index >= 15 is 0 Å². The van der Waals surface area contributed by atoms with Gasteiger partial charge in [0.2, 0.25) is 0 Å². The van der Waals surface area contributed by atoms with Crippen LogP contribution in [0.1, 0.15) is 18.2 Å². The number of hydrogen-bond acceptors (Lipinski definition) is 3. The topological polar surface area (TPSA) is 39.1 Å². The van der Waals surface area contributed by atoms with E-state index in [2.05, 4.69) is 23.5 Å². The van der Waals surface area contributed by atoms with Crippen molar-refractivity contribution < 1.29 is 4.74 Å². The number of methoxy groups -OCH3 is 1. The molecule has 2 rings (SSSR count). The Bertz CT molecular complexity index is 520. The molecule has 1 aromatic heterocycles. The first kappa shape index (κ1) is 12.5. The summed E-state index contributed by atoms with van der Waals surface area (Å²) >= 11 is 0. The quantitative estimate of drug-likeness (QED) is 0.880. The first-order valence-corrected chi connectivity index (χ1v) is 6.12. The zero-order valence-corrected chi connectivity index (χ0v) is 11.1. The second-order valence-corrected chi connectivity index (χ2v) is 4.21. The van der Waals surface area contributed by atoms with Crippen molar-refractivity contribution in [3.8, 4) is 5.75 Å². The first-order valence-electron chi connectivity index (χ1n) is 6.12. The van der Waals surface area contributed by atoms with Crippen LogP contribution in [0.15, 0.2) is 30.5 Å². The van der Waals surface area contributed by atoms with Gasteiger partial charge in [0, 0.05) is 37.1 Å². The molecule has 1 N–H and O–H groups in total. The van der Waals surface area contributed by atoms with Crippen LogP contribution < -0.4 is 10.1 Å². The average Bonchev–Trinajstić information content (AvgIpc) is 2.77. The molecule has 2 aromatic rings. The lowest BCUT2D eigenvalue weighted by molar-refractivity contribution is 0.415. The Morgan fingerprint density at radius 1 is 1.39 bits per heavy atom. The molecular weight excluding hydrogens is 226 g/mol. The molecule has 96 valence electrons. The van der Waals surface area contributed by atoms with Crippen molar-refractivity contribution in [1.82, 2.24) is 9.78 Å². The molecule has 0 aliphatic carbocycles. The molecule has 1 aromatic carbocycles. The lowest BCUT2D eigenvalue weighted by Crippen LogP contribution is -2.01. The van der Waals surface area contributed by atoms with Gasteiger partial charge in [-0.1, -0.05) is 13.0 Å². The lowest BCUT2D eigenvalue weighted by Gasteiger charge is -2.07. The molecule has 4 nitrogen and oxygen atoms in total. The third-order valence-corrected chi connectivity index (χ3v) is 2.88. The third-order valence-electron chi connectivity index (χ3n) is 2.88. The summed E-state index contributed by atoms with van der Waals surface area (Å²) in [6, 6.07) is 7.93. The number of aromatic nitrogens is 2. The molecule has 0 unspecified atom stereocenters. The molecular formula is C14H19N3O. The Hall–Kier alpha value is -1.97. The highest BCUT2D eigenvalue weighted by atomic mass is 16.5. The predicted octanol–water partition coefficient (Wildman–Crippen LogP) is 2.60. The van der Waals surface area contributed by atoms with Gasteiger partial charge in [0.25, 0.3) is 0 Å².